The van der Waals surface area contributed by atoms with Crippen LogP contribution in [0.5, 0.6) is 5.75 Å². The van der Waals surface area contributed by atoms with E-state index in [9.17, 15) is 10.2 Å². The van der Waals surface area contributed by atoms with Crippen molar-refractivity contribution in [1.82, 2.24) is 4.98 Å². The van der Waals surface area contributed by atoms with Crippen LogP contribution in [0.25, 0.3) is 11.0 Å². The zero-order chi connectivity index (χ0) is 23.5. The van der Waals surface area contributed by atoms with Gasteiger partial charge in [-0.1, -0.05) is 65.8 Å². The number of rotatable bonds is 10. The molecule has 1 heterocycles. The van der Waals surface area contributed by atoms with Gasteiger partial charge in [-0.3, -0.25) is 0 Å². The second-order valence-corrected chi connectivity index (χ2v) is 10.0. The Hall–Kier alpha value is -2.37. The monoisotopic (exact) mass is 439 g/mol. The van der Waals surface area contributed by atoms with Gasteiger partial charge in [-0.25, -0.2) is 9.55 Å². The average molecular weight is 440 g/mol. The summed E-state index contributed by atoms with van der Waals surface area (Å²) >= 11 is 0. The zero-order valence-electron chi connectivity index (χ0n) is 20.4. The van der Waals surface area contributed by atoms with Gasteiger partial charge >= 0.3 is 0 Å². The summed E-state index contributed by atoms with van der Waals surface area (Å²) in [7, 11) is 0. The van der Waals surface area contributed by atoms with Crippen LogP contribution in [0.15, 0.2) is 42.5 Å². The van der Waals surface area contributed by atoms with Crippen LogP contribution in [-0.2, 0) is 24.0 Å². The van der Waals surface area contributed by atoms with E-state index in [4.69, 9.17) is 4.74 Å². The topological polar surface area (TPSA) is 69.4 Å². The molecule has 0 bridgehead atoms. The highest BCUT2D eigenvalue weighted by atomic mass is 16.5. The van der Waals surface area contributed by atoms with Crippen LogP contribution < -0.4 is 9.30 Å². The Morgan fingerprint density at radius 3 is 2.34 bits per heavy atom. The number of hydrogen-bond donors (Lipinski definition) is 3. The molecule has 1 unspecified atom stereocenters. The summed E-state index contributed by atoms with van der Waals surface area (Å²) in [6, 6.07) is 14.3. The minimum absolute atomic E-state index is 0.0320. The Balaban J connectivity index is 1.82. The number of imidazole rings is 1. The van der Waals surface area contributed by atoms with Crippen molar-refractivity contribution in [3.63, 3.8) is 0 Å². The molecule has 1 aromatic heterocycles. The minimum Gasteiger partial charge on any atom is -0.490 e. The first kappa shape index (κ1) is 24.3. The Kier molecular flexibility index (Phi) is 7.31. The molecule has 2 aromatic carbocycles. The number of aliphatic hydroxyl groups is 2. The van der Waals surface area contributed by atoms with Gasteiger partial charge in [-0.05, 0) is 47.4 Å². The van der Waals surface area contributed by atoms with Crippen LogP contribution in [0, 0.1) is 0 Å². The van der Waals surface area contributed by atoms with Crippen LogP contribution >= 0.6 is 0 Å². The van der Waals surface area contributed by atoms with Crippen molar-refractivity contribution in [2.24, 2.45) is 0 Å². The normalized spacial score (nSPS) is 13.5. The average Bonchev–Trinajstić information content (AvgIpc) is 3.15. The molecular weight excluding hydrogens is 400 g/mol. The van der Waals surface area contributed by atoms with Gasteiger partial charge in [0.15, 0.2) is 11.0 Å². The van der Waals surface area contributed by atoms with Crippen molar-refractivity contribution in [2.75, 3.05) is 6.61 Å². The lowest BCUT2D eigenvalue weighted by Gasteiger charge is -2.30. The smallest absolute Gasteiger partial charge is 0.281 e. The van der Waals surface area contributed by atoms with E-state index >= 15 is 0 Å². The maximum absolute atomic E-state index is 10.8. The Labute approximate surface area is 192 Å². The van der Waals surface area contributed by atoms with Crippen LogP contribution in [0.3, 0.4) is 0 Å². The molecule has 3 aromatic rings. The molecule has 5 nitrogen and oxygen atoms in total. The third kappa shape index (κ3) is 5.00. The number of ether oxygens (including phenoxy) is 1. The van der Waals surface area contributed by atoms with Gasteiger partial charge in [-0.2, -0.15) is 0 Å². The van der Waals surface area contributed by atoms with E-state index in [1.165, 1.54) is 11.1 Å². The van der Waals surface area contributed by atoms with Crippen molar-refractivity contribution < 1.29 is 19.5 Å². The summed E-state index contributed by atoms with van der Waals surface area (Å²) in [6.07, 6.45) is 1.34. The van der Waals surface area contributed by atoms with Gasteiger partial charge in [0.05, 0.1) is 0 Å². The molecule has 0 saturated heterocycles. The summed E-state index contributed by atoms with van der Waals surface area (Å²) in [5.74, 6) is 1.50. The number of aromatic nitrogens is 2. The summed E-state index contributed by atoms with van der Waals surface area (Å²) in [6.45, 7) is 13.8. The van der Waals surface area contributed by atoms with E-state index in [1.54, 1.807) is 0 Å². The Bertz CT molecular complexity index is 1050. The van der Waals surface area contributed by atoms with Gasteiger partial charge in [0.2, 0.25) is 0 Å². The maximum Gasteiger partial charge on any atom is 0.281 e. The fraction of sp³-hybridized carbons (Fsp3) is 0.519. The van der Waals surface area contributed by atoms with Gasteiger partial charge < -0.3 is 14.9 Å². The van der Waals surface area contributed by atoms with E-state index in [0.29, 0.717) is 12.4 Å². The molecule has 0 amide bonds. The highest BCUT2D eigenvalue weighted by molar-refractivity contribution is 5.71. The standard InChI is InChI=1S/C27H38N2O3/c1-7-26(3,4)19-13-14-24(21(15-19)27(5,6)8-2)32-18-20(31)16-29-23-12-10-9-11-22(23)28-25(29)17-30/h9-15,20,30-31H,7-8,16-18H2,1-6H3/p+1. The molecule has 0 saturated carbocycles. The SMILES string of the molecule is CCC(C)(C)c1ccc(OCC(O)C[n+]2c(CO)[nH]c3ccccc32)c(C(C)(C)CC)c1. The van der Waals surface area contributed by atoms with E-state index in [0.717, 1.165) is 29.6 Å². The summed E-state index contributed by atoms with van der Waals surface area (Å²) in [5.41, 5.74) is 4.45. The Morgan fingerprint density at radius 1 is 1.00 bits per heavy atom. The number of hydrogen-bond acceptors (Lipinski definition) is 3. The van der Waals surface area contributed by atoms with Gasteiger partial charge in [0.25, 0.3) is 5.82 Å². The zero-order valence-corrected chi connectivity index (χ0v) is 20.4. The number of para-hydroxylation sites is 2. The first-order valence-electron chi connectivity index (χ1n) is 11.7. The predicted octanol–water partition coefficient (Wildman–Crippen LogP) is 4.76. The number of aliphatic hydroxyl groups excluding tert-OH is 2. The van der Waals surface area contributed by atoms with Gasteiger partial charge in [0.1, 0.15) is 31.6 Å². The molecule has 32 heavy (non-hydrogen) atoms. The molecule has 0 aliphatic carbocycles. The number of nitrogens with one attached hydrogen (secondary N) is 1. The molecule has 3 N–H and O–H groups in total. The van der Waals surface area contributed by atoms with Crippen LogP contribution in [0.2, 0.25) is 0 Å². The van der Waals surface area contributed by atoms with Gasteiger partial charge in [-0.15, -0.1) is 0 Å². The van der Waals surface area contributed by atoms with E-state index in [-0.39, 0.29) is 24.0 Å². The molecule has 1 atom stereocenters. The van der Waals surface area contributed by atoms with E-state index in [2.05, 4.69) is 64.7 Å². The molecule has 174 valence electrons. The van der Waals surface area contributed by atoms with Crippen LogP contribution in [-0.4, -0.2) is 27.9 Å². The molecule has 0 radical (unpaired) electrons. The van der Waals surface area contributed by atoms with Crippen molar-refractivity contribution in [3.8, 4) is 5.75 Å². The lowest BCUT2D eigenvalue weighted by atomic mass is 9.76. The largest absolute Gasteiger partial charge is 0.490 e. The third-order valence-electron chi connectivity index (χ3n) is 7.03. The number of aromatic amines is 1. The molecule has 3 rings (SSSR count). The third-order valence-corrected chi connectivity index (χ3v) is 7.03. The fourth-order valence-electron chi connectivity index (χ4n) is 3.97. The van der Waals surface area contributed by atoms with Crippen molar-refractivity contribution >= 4 is 11.0 Å². The number of H-pyrrole nitrogens is 1. The molecule has 0 spiro atoms. The second-order valence-electron chi connectivity index (χ2n) is 10.0. The predicted molar refractivity (Wildman–Crippen MR) is 129 cm³/mol. The van der Waals surface area contributed by atoms with Crippen LogP contribution in [0.1, 0.15) is 71.3 Å². The van der Waals surface area contributed by atoms with Crippen molar-refractivity contribution in [3.05, 3.63) is 59.4 Å². The lowest BCUT2D eigenvalue weighted by Crippen LogP contribution is -2.44. The first-order valence-corrected chi connectivity index (χ1v) is 11.7. The molecule has 0 aliphatic heterocycles. The Morgan fingerprint density at radius 2 is 1.69 bits per heavy atom. The first-order chi connectivity index (χ1) is 15.1. The molecular formula is C27H39N2O3+. The molecule has 0 fully saturated rings. The minimum atomic E-state index is -0.714. The summed E-state index contributed by atoms with van der Waals surface area (Å²) < 4.78 is 8.11. The number of benzene rings is 2. The molecule has 5 heteroatoms. The van der Waals surface area contributed by atoms with Crippen molar-refractivity contribution in [2.45, 2.75) is 84.5 Å². The highest BCUT2D eigenvalue weighted by Crippen LogP contribution is 2.38. The van der Waals surface area contributed by atoms with E-state index < -0.39 is 6.10 Å². The maximum atomic E-state index is 10.8. The quantitative estimate of drug-likeness (QED) is 0.399. The fourth-order valence-corrected chi connectivity index (χ4v) is 3.97. The van der Waals surface area contributed by atoms with E-state index in [1.807, 2.05) is 28.8 Å². The second kappa shape index (κ2) is 9.63. The van der Waals surface area contributed by atoms with Crippen molar-refractivity contribution in [1.29, 1.82) is 0 Å². The number of fused-ring (bicyclic) bond motifs is 1. The number of nitrogens with zero attached hydrogens (tertiary/aromatic N) is 1. The summed E-state index contributed by atoms with van der Waals surface area (Å²) in [5, 5.41) is 20.5. The lowest BCUT2D eigenvalue weighted by molar-refractivity contribution is -0.687. The van der Waals surface area contributed by atoms with Gasteiger partial charge in [0, 0.05) is 5.56 Å². The van der Waals surface area contributed by atoms with Crippen LogP contribution in [0.4, 0.5) is 0 Å². The highest BCUT2D eigenvalue weighted by Gasteiger charge is 2.27. The molecule has 0 aliphatic rings. The summed E-state index contributed by atoms with van der Waals surface area (Å²) in [4.78, 5) is 3.22.